The van der Waals surface area contributed by atoms with E-state index in [-0.39, 0.29) is 37.1 Å². The van der Waals surface area contributed by atoms with Gasteiger partial charge >= 0.3 is 5.97 Å². The number of rotatable bonds is 8. The maximum Gasteiger partial charge on any atom is 0.307 e. The summed E-state index contributed by atoms with van der Waals surface area (Å²) in [5, 5.41) is 7.55. The van der Waals surface area contributed by atoms with Crippen LogP contribution in [0.15, 0.2) is 35.3 Å². The van der Waals surface area contributed by atoms with Gasteiger partial charge in [0, 0.05) is 11.6 Å². The van der Waals surface area contributed by atoms with Gasteiger partial charge in [0.15, 0.2) is 0 Å². The number of carbonyl (C=O) groups excluding carboxylic acids is 1. The lowest BCUT2D eigenvalue weighted by Crippen LogP contribution is -2.27. The number of aromatic nitrogens is 2. The van der Waals surface area contributed by atoms with Crippen molar-refractivity contribution < 1.29 is 14.3 Å². The van der Waals surface area contributed by atoms with Gasteiger partial charge in [-0.15, -0.1) is 0 Å². The monoisotopic (exact) mass is 385 g/mol. The molecule has 25 heavy (non-hydrogen) atoms. The van der Waals surface area contributed by atoms with E-state index < -0.39 is 5.56 Å². The molecule has 9 heteroatoms. The van der Waals surface area contributed by atoms with Gasteiger partial charge < -0.3 is 14.8 Å². The topological polar surface area (TPSA) is 82.4 Å². The number of methoxy groups -OCH3 is 1. The Morgan fingerprint density at radius 3 is 2.68 bits per heavy atom. The van der Waals surface area contributed by atoms with Crippen molar-refractivity contribution in [2.75, 3.05) is 25.6 Å². The highest BCUT2D eigenvalue weighted by Crippen LogP contribution is 2.16. The van der Waals surface area contributed by atoms with Crippen molar-refractivity contribution in [1.82, 2.24) is 9.78 Å². The number of benzene rings is 1. The molecule has 0 bridgehead atoms. The van der Waals surface area contributed by atoms with Crippen LogP contribution in [0.4, 0.5) is 5.69 Å². The number of ether oxygens (including phenoxy) is 2. The van der Waals surface area contributed by atoms with E-state index in [9.17, 15) is 9.59 Å². The molecule has 2 aromatic rings. The molecule has 0 aliphatic carbocycles. The summed E-state index contributed by atoms with van der Waals surface area (Å²) in [6.45, 7) is 0.779. The Labute approximate surface area is 154 Å². The summed E-state index contributed by atoms with van der Waals surface area (Å²) in [4.78, 5) is 23.3. The molecule has 1 aromatic heterocycles. The van der Waals surface area contributed by atoms with E-state index in [2.05, 4.69) is 15.2 Å². The molecule has 0 radical (unpaired) electrons. The van der Waals surface area contributed by atoms with Gasteiger partial charge in [-0.3, -0.25) is 9.59 Å². The summed E-state index contributed by atoms with van der Waals surface area (Å²) in [5.41, 5.74) is -0.0742. The van der Waals surface area contributed by atoms with Gasteiger partial charge in [-0.05, 0) is 24.3 Å². The molecule has 0 atom stereocenters. The van der Waals surface area contributed by atoms with Crippen LogP contribution in [0.25, 0.3) is 0 Å². The second-order valence-corrected chi connectivity index (χ2v) is 5.77. The predicted molar refractivity (Wildman–Crippen MR) is 95.6 cm³/mol. The summed E-state index contributed by atoms with van der Waals surface area (Å²) in [6, 6.07) is 6.90. The lowest BCUT2D eigenvalue weighted by molar-refractivity contribution is -0.140. The minimum absolute atomic E-state index is 0.00589. The maximum atomic E-state index is 12.2. The zero-order chi connectivity index (χ0) is 18.2. The van der Waals surface area contributed by atoms with Gasteiger partial charge in [0.25, 0.3) is 5.56 Å². The zero-order valence-electron chi connectivity index (χ0n) is 13.5. The van der Waals surface area contributed by atoms with E-state index in [1.54, 1.807) is 24.3 Å². The summed E-state index contributed by atoms with van der Waals surface area (Å²) in [6.07, 6.45) is 1.59. The Morgan fingerprint density at radius 1 is 1.28 bits per heavy atom. The van der Waals surface area contributed by atoms with Crippen molar-refractivity contribution in [1.29, 1.82) is 0 Å². The van der Waals surface area contributed by atoms with E-state index in [4.69, 9.17) is 27.9 Å². The maximum absolute atomic E-state index is 12.2. The van der Waals surface area contributed by atoms with E-state index in [0.717, 1.165) is 0 Å². The molecule has 0 unspecified atom stereocenters. The normalized spacial score (nSPS) is 10.4. The van der Waals surface area contributed by atoms with Crippen LogP contribution in [0.2, 0.25) is 10.0 Å². The lowest BCUT2D eigenvalue weighted by atomic mass is 10.3. The van der Waals surface area contributed by atoms with E-state index in [1.807, 2.05) is 0 Å². The smallest absolute Gasteiger partial charge is 0.307 e. The van der Waals surface area contributed by atoms with Gasteiger partial charge in [0.2, 0.25) is 0 Å². The van der Waals surface area contributed by atoms with E-state index >= 15 is 0 Å². The lowest BCUT2D eigenvalue weighted by Gasteiger charge is -2.11. The average molecular weight is 386 g/mol. The first kappa shape index (κ1) is 19.1. The molecule has 0 amide bonds. The van der Waals surface area contributed by atoms with Crippen LogP contribution in [0.3, 0.4) is 0 Å². The Balaban J connectivity index is 1.91. The second-order valence-electron chi connectivity index (χ2n) is 4.96. The van der Waals surface area contributed by atoms with Gasteiger partial charge in [-0.2, -0.15) is 5.10 Å². The third-order valence-electron chi connectivity index (χ3n) is 3.24. The molecule has 0 spiro atoms. The fourth-order valence-electron chi connectivity index (χ4n) is 1.93. The Bertz CT molecular complexity index is 778. The van der Waals surface area contributed by atoms with Crippen LogP contribution in [0.1, 0.15) is 6.42 Å². The van der Waals surface area contributed by atoms with E-state index in [0.29, 0.717) is 16.5 Å². The molecule has 2 rings (SSSR count). The quantitative estimate of drug-likeness (QED) is 0.703. The number of hydrogen-bond acceptors (Lipinski definition) is 6. The number of nitrogens with one attached hydrogen (secondary N) is 1. The van der Waals surface area contributed by atoms with Crippen molar-refractivity contribution in [3.63, 3.8) is 0 Å². The molecule has 1 N–H and O–H groups in total. The van der Waals surface area contributed by atoms with E-state index in [1.165, 1.54) is 18.0 Å². The fourth-order valence-corrected chi connectivity index (χ4v) is 2.27. The first-order chi connectivity index (χ1) is 12.0. The van der Waals surface area contributed by atoms with Crippen molar-refractivity contribution in [3.05, 3.63) is 50.9 Å². The molecule has 0 saturated carbocycles. The van der Waals surface area contributed by atoms with Crippen LogP contribution >= 0.6 is 23.2 Å². The highest BCUT2D eigenvalue weighted by atomic mass is 35.5. The highest BCUT2D eigenvalue weighted by molar-refractivity contribution is 6.32. The van der Waals surface area contributed by atoms with Crippen LogP contribution < -0.4 is 15.6 Å². The van der Waals surface area contributed by atoms with Crippen molar-refractivity contribution in [2.24, 2.45) is 0 Å². The number of hydrogen-bond donors (Lipinski definition) is 1. The first-order valence-corrected chi connectivity index (χ1v) is 8.21. The third-order valence-corrected chi connectivity index (χ3v) is 3.86. The average Bonchev–Trinajstić information content (AvgIpc) is 2.62. The molecule has 0 saturated heterocycles. The van der Waals surface area contributed by atoms with Gasteiger partial charge in [-0.1, -0.05) is 23.2 Å². The summed E-state index contributed by atoms with van der Waals surface area (Å²) < 4.78 is 11.3. The minimum Gasteiger partial charge on any atom is -0.492 e. The summed E-state index contributed by atoms with van der Waals surface area (Å²) >= 11 is 11.9. The number of esters is 1. The number of halogens is 2. The Hall–Kier alpha value is -2.25. The molecule has 0 fully saturated rings. The van der Waals surface area contributed by atoms with Gasteiger partial charge in [0.05, 0.1) is 32.0 Å². The number of nitrogens with zero attached hydrogens (tertiary/aromatic N) is 2. The molecule has 1 heterocycles. The van der Waals surface area contributed by atoms with Crippen LogP contribution in [-0.4, -0.2) is 36.0 Å². The van der Waals surface area contributed by atoms with Crippen LogP contribution in [0.5, 0.6) is 5.75 Å². The molecule has 0 aliphatic heterocycles. The van der Waals surface area contributed by atoms with Crippen molar-refractivity contribution >= 4 is 34.9 Å². The first-order valence-electron chi connectivity index (χ1n) is 7.46. The summed E-state index contributed by atoms with van der Waals surface area (Å²) in [5.74, 6) is 0.286. The summed E-state index contributed by atoms with van der Waals surface area (Å²) in [7, 11) is 1.31. The number of anilines is 1. The fraction of sp³-hybridized carbons (Fsp3) is 0.312. The highest BCUT2D eigenvalue weighted by Gasteiger charge is 2.10. The third kappa shape index (κ3) is 5.65. The molecular weight excluding hydrogens is 369 g/mol. The van der Waals surface area contributed by atoms with Crippen molar-refractivity contribution in [3.8, 4) is 5.75 Å². The second kappa shape index (κ2) is 9.29. The number of carbonyl (C=O) groups is 1. The minimum atomic E-state index is -0.440. The Kier molecular flexibility index (Phi) is 7.09. The molecule has 1 aromatic carbocycles. The van der Waals surface area contributed by atoms with Crippen LogP contribution in [0, 0.1) is 0 Å². The largest absolute Gasteiger partial charge is 0.492 e. The SMILES string of the molecule is COC(=O)CCNc1cnn(CCOc2ccc(Cl)cc2)c(=O)c1Cl. The van der Waals surface area contributed by atoms with Crippen molar-refractivity contribution in [2.45, 2.75) is 13.0 Å². The Morgan fingerprint density at radius 2 is 2.00 bits per heavy atom. The molecular formula is C16H17Cl2N3O4. The zero-order valence-corrected chi connectivity index (χ0v) is 15.0. The van der Waals surface area contributed by atoms with Gasteiger partial charge in [-0.25, -0.2) is 4.68 Å². The van der Waals surface area contributed by atoms with Crippen LogP contribution in [-0.2, 0) is 16.1 Å². The molecule has 134 valence electrons. The predicted octanol–water partition coefficient (Wildman–Crippen LogP) is 2.60. The molecule has 7 nitrogen and oxygen atoms in total. The molecule has 0 aliphatic rings. The standard InChI is InChI=1S/C16H17Cl2N3O4/c1-24-14(22)6-7-19-13-10-20-21(16(23)15(13)18)8-9-25-12-4-2-11(17)3-5-12/h2-5,10,19H,6-9H2,1H3. The van der Waals surface area contributed by atoms with Gasteiger partial charge in [0.1, 0.15) is 17.4 Å².